The Kier molecular flexibility index (Phi) is 6.16. The summed E-state index contributed by atoms with van der Waals surface area (Å²) in [6.07, 6.45) is 4.74. The molecule has 33 heavy (non-hydrogen) atoms. The van der Waals surface area contributed by atoms with Crippen LogP contribution in [0.4, 0.5) is 4.39 Å². The van der Waals surface area contributed by atoms with E-state index in [0.29, 0.717) is 17.8 Å². The summed E-state index contributed by atoms with van der Waals surface area (Å²) in [7, 11) is -1.80. The summed E-state index contributed by atoms with van der Waals surface area (Å²) in [5, 5.41) is 0.834. The Hall–Kier alpha value is -2.42. The summed E-state index contributed by atoms with van der Waals surface area (Å²) in [4.78, 5) is 4.63. The molecule has 1 saturated heterocycles. The number of halogens is 1. The van der Waals surface area contributed by atoms with Crippen molar-refractivity contribution in [3.63, 3.8) is 0 Å². The molecule has 0 N–H and O–H groups in total. The maximum absolute atomic E-state index is 13.7. The number of nitrogens with zero attached hydrogens (tertiary/aromatic N) is 3. The quantitative estimate of drug-likeness (QED) is 0.542. The van der Waals surface area contributed by atoms with Crippen molar-refractivity contribution >= 4 is 20.9 Å². The van der Waals surface area contributed by atoms with Crippen molar-refractivity contribution in [3.8, 4) is 5.75 Å². The third-order valence-electron chi connectivity index (χ3n) is 6.74. The van der Waals surface area contributed by atoms with Crippen molar-refractivity contribution in [2.75, 3.05) is 33.2 Å². The Morgan fingerprint density at radius 1 is 0.970 bits per heavy atom. The van der Waals surface area contributed by atoms with Crippen LogP contribution < -0.4 is 4.74 Å². The highest BCUT2D eigenvalue weighted by Crippen LogP contribution is 2.31. The van der Waals surface area contributed by atoms with E-state index in [1.165, 1.54) is 41.1 Å². The van der Waals surface area contributed by atoms with Gasteiger partial charge in [-0.05, 0) is 81.3 Å². The first-order valence-electron chi connectivity index (χ1n) is 11.6. The van der Waals surface area contributed by atoms with E-state index in [-0.39, 0.29) is 11.0 Å². The van der Waals surface area contributed by atoms with E-state index in [1.54, 1.807) is 0 Å². The molecule has 3 aromatic rings. The molecule has 2 fully saturated rings. The molecule has 2 heterocycles. The molecule has 0 atom stereocenters. The fourth-order valence-electron chi connectivity index (χ4n) is 4.84. The summed E-state index contributed by atoms with van der Waals surface area (Å²) in [6.45, 7) is 4.19. The van der Waals surface area contributed by atoms with Gasteiger partial charge in [0, 0.05) is 43.8 Å². The van der Waals surface area contributed by atoms with Crippen molar-refractivity contribution in [1.82, 2.24) is 13.8 Å². The minimum Gasteiger partial charge on any atom is -0.490 e. The predicted molar refractivity (Wildman–Crippen MR) is 127 cm³/mol. The Bertz CT molecular complexity index is 1230. The molecular formula is C25H30FN3O3S. The highest BCUT2D eigenvalue weighted by Gasteiger charge is 2.26. The van der Waals surface area contributed by atoms with E-state index >= 15 is 0 Å². The number of ether oxygens (including phenoxy) is 1. The molecule has 0 bridgehead atoms. The van der Waals surface area contributed by atoms with Gasteiger partial charge >= 0.3 is 0 Å². The number of hydrogen-bond acceptors (Lipinski definition) is 5. The number of likely N-dealkylation sites (N-methyl/N-ethyl adjacent to an activating group) is 1. The number of fused-ring (bicyclic) bond motifs is 1. The summed E-state index contributed by atoms with van der Waals surface area (Å²) < 4.78 is 48.4. The van der Waals surface area contributed by atoms with Gasteiger partial charge < -0.3 is 9.64 Å². The first kappa shape index (κ1) is 22.4. The fourth-order valence-corrected chi connectivity index (χ4v) is 6.37. The highest BCUT2D eigenvalue weighted by molar-refractivity contribution is 7.90. The first-order chi connectivity index (χ1) is 15.9. The summed E-state index contributed by atoms with van der Waals surface area (Å²) >= 11 is 0. The summed E-state index contributed by atoms with van der Waals surface area (Å²) in [6, 6.07) is 12.6. The Morgan fingerprint density at radius 2 is 1.67 bits per heavy atom. The molecule has 0 unspecified atom stereocenters. The number of hydrogen-bond donors (Lipinski definition) is 0. The van der Waals surface area contributed by atoms with Crippen molar-refractivity contribution < 1.29 is 17.5 Å². The largest absolute Gasteiger partial charge is 0.490 e. The average Bonchev–Trinajstić information content (AvgIpc) is 3.43. The molecule has 6 nitrogen and oxygen atoms in total. The van der Waals surface area contributed by atoms with E-state index in [2.05, 4.69) is 16.8 Å². The normalized spacial score (nSPS) is 18.8. The Labute approximate surface area is 194 Å². The number of rotatable bonds is 6. The SMILES string of the molecule is CN1CCN(Cc2cc3cc(OC4CCCC4)ccc3n2S(=O)(=O)c2ccc(F)cc2)CC1. The topological polar surface area (TPSA) is 54.8 Å². The highest BCUT2D eigenvalue weighted by atomic mass is 32.2. The molecule has 0 amide bonds. The summed E-state index contributed by atoms with van der Waals surface area (Å²) in [5.41, 5.74) is 1.32. The molecular weight excluding hydrogens is 441 g/mol. The van der Waals surface area contributed by atoms with Gasteiger partial charge in [0.15, 0.2) is 0 Å². The van der Waals surface area contributed by atoms with Crippen LogP contribution in [0.2, 0.25) is 0 Å². The van der Waals surface area contributed by atoms with Crippen molar-refractivity contribution in [1.29, 1.82) is 0 Å². The second kappa shape index (κ2) is 9.08. The van der Waals surface area contributed by atoms with Gasteiger partial charge in [0.1, 0.15) is 11.6 Å². The van der Waals surface area contributed by atoms with Crippen LogP contribution in [0.15, 0.2) is 53.4 Å². The van der Waals surface area contributed by atoms with Crippen molar-refractivity contribution in [3.05, 3.63) is 60.0 Å². The number of piperazine rings is 1. The third kappa shape index (κ3) is 4.65. The van der Waals surface area contributed by atoms with Crippen LogP contribution in [0.1, 0.15) is 31.4 Å². The lowest BCUT2D eigenvalue weighted by atomic mass is 10.2. The van der Waals surface area contributed by atoms with Gasteiger partial charge in [0.05, 0.1) is 16.5 Å². The zero-order chi connectivity index (χ0) is 23.0. The molecule has 5 rings (SSSR count). The molecule has 1 aliphatic carbocycles. The van der Waals surface area contributed by atoms with E-state index in [4.69, 9.17) is 4.74 Å². The molecule has 8 heteroatoms. The second-order valence-electron chi connectivity index (χ2n) is 9.18. The van der Waals surface area contributed by atoms with E-state index in [1.807, 2.05) is 24.3 Å². The molecule has 0 radical (unpaired) electrons. The Balaban J connectivity index is 1.55. The van der Waals surface area contributed by atoms with Crippen LogP contribution in [0, 0.1) is 5.82 Å². The number of benzene rings is 2. The van der Waals surface area contributed by atoms with Crippen LogP contribution in [-0.2, 0) is 16.6 Å². The van der Waals surface area contributed by atoms with Crippen LogP contribution in [0.5, 0.6) is 5.75 Å². The third-order valence-corrected chi connectivity index (χ3v) is 8.52. The van der Waals surface area contributed by atoms with E-state index < -0.39 is 15.8 Å². The first-order valence-corrected chi connectivity index (χ1v) is 13.1. The predicted octanol–water partition coefficient (Wildman–Crippen LogP) is 4.09. The standard InChI is InChI=1S/C25H30FN3O3S/c1-27-12-14-28(15-13-27)18-21-16-19-17-23(32-22-4-2-3-5-22)8-11-25(19)29(21)33(30,31)24-9-6-20(26)7-10-24/h6-11,16-17,22H,2-5,12-15,18H2,1H3. The van der Waals surface area contributed by atoms with Gasteiger partial charge in [-0.1, -0.05) is 0 Å². The van der Waals surface area contributed by atoms with Crippen LogP contribution in [0.3, 0.4) is 0 Å². The molecule has 1 saturated carbocycles. The molecule has 1 aliphatic heterocycles. The molecule has 176 valence electrons. The maximum atomic E-state index is 13.7. The number of aromatic nitrogens is 1. The minimum atomic E-state index is -3.89. The van der Waals surface area contributed by atoms with Crippen LogP contribution in [0.25, 0.3) is 10.9 Å². The van der Waals surface area contributed by atoms with E-state index in [0.717, 1.165) is 50.2 Å². The lowest BCUT2D eigenvalue weighted by Crippen LogP contribution is -2.44. The van der Waals surface area contributed by atoms with Gasteiger partial charge in [0.25, 0.3) is 10.0 Å². The zero-order valence-electron chi connectivity index (χ0n) is 18.9. The molecule has 2 aliphatic rings. The lowest BCUT2D eigenvalue weighted by Gasteiger charge is -2.32. The zero-order valence-corrected chi connectivity index (χ0v) is 19.7. The average molecular weight is 472 g/mol. The van der Waals surface area contributed by atoms with Gasteiger partial charge in [-0.25, -0.2) is 16.8 Å². The van der Waals surface area contributed by atoms with Crippen LogP contribution >= 0.6 is 0 Å². The Morgan fingerprint density at radius 3 is 2.36 bits per heavy atom. The second-order valence-corrected chi connectivity index (χ2v) is 11.0. The van der Waals surface area contributed by atoms with Crippen LogP contribution in [-0.4, -0.2) is 61.5 Å². The molecule has 2 aromatic carbocycles. The fraction of sp³-hybridized carbons (Fsp3) is 0.440. The van der Waals surface area contributed by atoms with Gasteiger partial charge in [-0.3, -0.25) is 4.90 Å². The van der Waals surface area contributed by atoms with Gasteiger partial charge in [0.2, 0.25) is 0 Å². The van der Waals surface area contributed by atoms with Crippen molar-refractivity contribution in [2.24, 2.45) is 0 Å². The molecule has 1 aromatic heterocycles. The maximum Gasteiger partial charge on any atom is 0.268 e. The lowest BCUT2D eigenvalue weighted by molar-refractivity contribution is 0.147. The van der Waals surface area contributed by atoms with Gasteiger partial charge in [-0.15, -0.1) is 0 Å². The van der Waals surface area contributed by atoms with E-state index in [9.17, 15) is 12.8 Å². The molecule has 0 spiro atoms. The minimum absolute atomic E-state index is 0.0762. The van der Waals surface area contributed by atoms with Gasteiger partial charge in [-0.2, -0.15) is 0 Å². The smallest absolute Gasteiger partial charge is 0.268 e. The van der Waals surface area contributed by atoms with Crippen molar-refractivity contribution in [2.45, 2.75) is 43.2 Å². The monoisotopic (exact) mass is 471 g/mol. The summed E-state index contributed by atoms with van der Waals surface area (Å²) in [5.74, 6) is 0.314.